The molecular weight excluding hydrogens is 67.0 g/mol. The quantitative estimate of drug-likeness (QED) is 0.287. The SMILES string of the molecule is NSN.[Li]. The third-order valence-corrected chi connectivity index (χ3v) is 0. The monoisotopic (exact) mass is 71.0 g/mol. The molecule has 4 heavy (non-hydrogen) atoms. The van der Waals surface area contributed by atoms with Crippen LogP contribution in [0, 0.1) is 0 Å². The summed E-state index contributed by atoms with van der Waals surface area (Å²) in [5.41, 5.74) is 0. The molecule has 0 fully saturated rings. The smallest absolute Gasteiger partial charge is 0 e. The average molecular weight is 71.1 g/mol. The minimum absolute atomic E-state index is 0. The van der Waals surface area contributed by atoms with E-state index in [1.54, 1.807) is 0 Å². The number of hydrogen-bond acceptors (Lipinski definition) is 3. The first-order valence-corrected chi connectivity index (χ1v) is 1.41. The molecule has 0 unspecified atom stereocenters. The van der Waals surface area contributed by atoms with E-state index >= 15 is 0 Å². The maximum atomic E-state index is 4.54. The predicted octanol–water partition coefficient (Wildman–Crippen LogP) is -0.914. The van der Waals surface area contributed by atoms with Gasteiger partial charge in [0.2, 0.25) is 0 Å². The first-order valence-electron chi connectivity index (χ1n) is 0.471. The molecule has 0 bridgehead atoms. The topological polar surface area (TPSA) is 52.0 Å². The van der Waals surface area contributed by atoms with Gasteiger partial charge in [0.1, 0.15) is 0 Å². The molecule has 0 aromatic rings. The van der Waals surface area contributed by atoms with Gasteiger partial charge in [0.15, 0.2) is 0 Å². The van der Waals surface area contributed by atoms with Crippen LogP contribution in [0.3, 0.4) is 0 Å². The second-order valence-electron chi connectivity index (χ2n) is 0.136. The fourth-order valence-corrected chi connectivity index (χ4v) is 0. The van der Waals surface area contributed by atoms with Gasteiger partial charge < -0.3 is 0 Å². The molecular formula is H4LiN2S. The van der Waals surface area contributed by atoms with Crippen LogP contribution >= 0.6 is 12.1 Å². The standard InChI is InChI=1S/Li.H4N2S/c;1-3-2/h;1-2H2. The normalized spacial score (nSPS) is 4.50. The van der Waals surface area contributed by atoms with Crippen molar-refractivity contribution in [2.75, 3.05) is 0 Å². The van der Waals surface area contributed by atoms with Gasteiger partial charge in [0.25, 0.3) is 0 Å². The van der Waals surface area contributed by atoms with E-state index in [-0.39, 0.29) is 18.9 Å². The van der Waals surface area contributed by atoms with Gasteiger partial charge in [0, 0.05) is 18.9 Å². The Morgan fingerprint density at radius 3 is 1.25 bits per heavy atom. The summed E-state index contributed by atoms with van der Waals surface area (Å²) in [6.45, 7) is 0. The molecule has 0 aromatic heterocycles. The Morgan fingerprint density at radius 2 is 1.25 bits per heavy atom. The van der Waals surface area contributed by atoms with E-state index < -0.39 is 0 Å². The summed E-state index contributed by atoms with van der Waals surface area (Å²) in [5.74, 6) is 0. The zero-order chi connectivity index (χ0) is 2.71. The Kier molecular flexibility index (Phi) is 20.2. The molecule has 0 atom stereocenters. The maximum Gasteiger partial charge on any atom is 0 e. The second-order valence-corrected chi connectivity index (χ2v) is 0.408. The molecule has 4 heteroatoms. The molecule has 1 radical (unpaired) electrons. The Bertz CT molecular complexity index is 6.00. The summed E-state index contributed by atoms with van der Waals surface area (Å²) in [7, 11) is 0. The summed E-state index contributed by atoms with van der Waals surface area (Å²) in [4.78, 5) is 0. The van der Waals surface area contributed by atoms with E-state index in [4.69, 9.17) is 0 Å². The van der Waals surface area contributed by atoms with E-state index in [9.17, 15) is 0 Å². The van der Waals surface area contributed by atoms with Crippen LogP contribution in [-0.2, 0) is 0 Å². The number of hydrogen-bond donors (Lipinski definition) is 2. The average Bonchev–Trinajstić information content (AvgIpc) is 0.918. The van der Waals surface area contributed by atoms with Crippen LogP contribution in [0.5, 0.6) is 0 Å². The van der Waals surface area contributed by atoms with Gasteiger partial charge in [-0.05, 0) is 12.1 Å². The van der Waals surface area contributed by atoms with Crippen LogP contribution in [0.15, 0.2) is 0 Å². The summed E-state index contributed by atoms with van der Waals surface area (Å²) in [5, 5.41) is 9.08. The molecule has 0 spiro atoms. The first-order chi connectivity index (χ1) is 1.41. The van der Waals surface area contributed by atoms with Gasteiger partial charge in [-0.25, -0.2) is 0 Å². The van der Waals surface area contributed by atoms with Crippen molar-refractivity contribution in [2.45, 2.75) is 0 Å². The van der Waals surface area contributed by atoms with E-state index in [2.05, 4.69) is 10.3 Å². The van der Waals surface area contributed by atoms with Crippen molar-refractivity contribution in [1.29, 1.82) is 0 Å². The largest absolute Gasteiger partial charge is 0.265 e. The van der Waals surface area contributed by atoms with Crippen molar-refractivity contribution in [2.24, 2.45) is 10.3 Å². The molecule has 0 amide bonds. The van der Waals surface area contributed by atoms with Gasteiger partial charge in [-0.1, -0.05) is 0 Å². The third-order valence-electron chi connectivity index (χ3n) is 0. The number of rotatable bonds is 0. The van der Waals surface area contributed by atoms with Crippen molar-refractivity contribution < 1.29 is 0 Å². The van der Waals surface area contributed by atoms with Gasteiger partial charge in [0.05, 0.1) is 0 Å². The van der Waals surface area contributed by atoms with Crippen molar-refractivity contribution in [3.8, 4) is 0 Å². The van der Waals surface area contributed by atoms with Gasteiger partial charge in [-0.2, -0.15) is 0 Å². The summed E-state index contributed by atoms with van der Waals surface area (Å²) in [6, 6.07) is 0. The molecule has 0 aromatic carbocycles. The fraction of sp³-hybridized carbons (Fsp3) is 0. The summed E-state index contributed by atoms with van der Waals surface area (Å²) >= 11 is 0.750. The Balaban J connectivity index is 0. The molecule has 0 rings (SSSR count). The van der Waals surface area contributed by atoms with Crippen molar-refractivity contribution >= 4 is 31.0 Å². The van der Waals surface area contributed by atoms with Gasteiger partial charge in [-0.15, -0.1) is 0 Å². The van der Waals surface area contributed by atoms with Crippen LogP contribution in [0.4, 0.5) is 0 Å². The molecule has 21 valence electrons. The zero-order valence-electron chi connectivity index (χ0n) is 2.56. The molecule has 0 heterocycles. The third kappa shape index (κ3) is 13.3. The fourth-order valence-electron chi connectivity index (χ4n) is 0. The minimum Gasteiger partial charge on any atom is -0.265 e. The summed E-state index contributed by atoms with van der Waals surface area (Å²) < 4.78 is 0. The van der Waals surface area contributed by atoms with Crippen molar-refractivity contribution in [3.05, 3.63) is 0 Å². The van der Waals surface area contributed by atoms with Gasteiger partial charge in [-0.3, -0.25) is 10.3 Å². The Morgan fingerprint density at radius 1 is 1.25 bits per heavy atom. The van der Waals surface area contributed by atoms with Crippen LogP contribution in [0.25, 0.3) is 0 Å². The summed E-state index contributed by atoms with van der Waals surface area (Å²) in [6.07, 6.45) is 0. The van der Waals surface area contributed by atoms with E-state index in [1.807, 2.05) is 0 Å². The van der Waals surface area contributed by atoms with Crippen molar-refractivity contribution in [3.63, 3.8) is 0 Å². The Hall–Kier alpha value is 0.867. The predicted molar refractivity (Wildman–Crippen MR) is 21.7 cm³/mol. The number of nitrogens with two attached hydrogens (primary N) is 2. The van der Waals surface area contributed by atoms with Gasteiger partial charge >= 0.3 is 0 Å². The molecule has 0 aliphatic carbocycles. The molecule has 4 N–H and O–H groups in total. The minimum atomic E-state index is 0. The molecule has 0 saturated carbocycles. The van der Waals surface area contributed by atoms with Crippen LogP contribution in [-0.4, -0.2) is 18.9 Å². The zero-order valence-corrected chi connectivity index (χ0v) is 3.38. The maximum absolute atomic E-state index is 4.54. The molecule has 0 aliphatic rings. The van der Waals surface area contributed by atoms with E-state index in [1.165, 1.54) is 0 Å². The molecule has 2 nitrogen and oxygen atoms in total. The second kappa shape index (κ2) is 9.12. The first kappa shape index (κ1) is 8.85. The van der Waals surface area contributed by atoms with E-state index in [0.717, 1.165) is 12.1 Å². The van der Waals surface area contributed by atoms with Crippen LogP contribution in [0.1, 0.15) is 0 Å². The molecule has 0 aliphatic heterocycles. The van der Waals surface area contributed by atoms with Crippen molar-refractivity contribution in [1.82, 2.24) is 0 Å². The Labute approximate surface area is 41.7 Å². The van der Waals surface area contributed by atoms with E-state index in [0.29, 0.717) is 0 Å². The van der Waals surface area contributed by atoms with Crippen LogP contribution < -0.4 is 10.3 Å². The molecule has 0 saturated heterocycles. The van der Waals surface area contributed by atoms with Crippen LogP contribution in [0.2, 0.25) is 0 Å².